The Morgan fingerprint density at radius 2 is 1.92 bits per heavy atom. The predicted molar refractivity (Wildman–Crippen MR) is 86.7 cm³/mol. The van der Waals surface area contributed by atoms with Crippen LogP contribution in [0.3, 0.4) is 0 Å². The molecular formula is C18H20O6. The van der Waals surface area contributed by atoms with E-state index in [0.717, 1.165) is 6.42 Å². The van der Waals surface area contributed by atoms with Crippen LogP contribution in [-0.4, -0.2) is 33.1 Å². The zero-order valence-electron chi connectivity index (χ0n) is 13.3. The van der Waals surface area contributed by atoms with E-state index >= 15 is 0 Å². The number of hydrogen-bond acceptors (Lipinski definition) is 6. The summed E-state index contributed by atoms with van der Waals surface area (Å²) in [6, 6.07) is 7.39. The molecule has 1 heterocycles. The molecule has 1 aliphatic heterocycles. The first-order valence-electron chi connectivity index (χ1n) is 7.85. The van der Waals surface area contributed by atoms with Crippen molar-refractivity contribution in [1.29, 1.82) is 0 Å². The van der Waals surface area contributed by atoms with Crippen LogP contribution in [0.15, 0.2) is 30.3 Å². The lowest BCUT2D eigenvalue weighted by molar-refractivity contribution is 0.0196. The molecule has 0 bridgehead atoms. The molecule has 128 valence electrons. The molecule has 2 aromatic carbocycles. The van der Waals surface area contributed by atoms with Crippen LogP contribution in [0.4, 0.5) is 0 Å². The van der Waals surface area contributed by atoms with Crippen LogP contribution >= 0.6 is 0 Å². The number of aliphatic hydroxyl groups is 1. The van der Waals surface area contributed by atoms with Crippen LogP contribution in [0.25, 0.3) is 0 Å². The number of rotatable bonds is 4. The third kappa shape index (κ3) is 3.05. The van der Waals surface area contributed by atoms with Crippen LogP contribution in [-0.2, 0) is 6.42 Å². The quantitative estimate of drug-likeness (QED) is 0.687. The zero-order chi connectivity index (χ0) is 17.3. The van der Waals surface area contributed by atoms with Crippen LogP contribution in [0.5, 0.6) is 28.7 Å². The molecule has 2 aromatic rings. The number of benzene rings is 2. The summed E-state index contributed by atoms with van der Waals surface area (Å²) >= 11 is 0. The van der Waals surface area contributed by atoms with E-state index in [-0.39, 0.29) is 23.7 Å². The van der Waals surface area contributed by atoms with E-state index in [0.29, 0.717) is 29.2 Å². The monoisotopic (exact) mass is 332 g/mol. The van der Waals surface area contributed by atoms with Gasteiger partial charge in [-0.3, -0.25) is 0 Å². The Kier molecular flexibility index (Phi) is 4.40. The number of phenols is 3. The minimum Gasteiger partial charge on any atom is -0.508 e. The van der Waals surface area contributed by atoms with Crippen LogP contribution in [0.2, 0.25) is 0 Å². The van der Waals surface area contributed by atoms with Crippen LogP contribution in [0.1, 0.15) is 30.6 Å². The lowest BCUT2D eigenvalue weighted by Crippen LogP contribution is -2.30. The molecule has 6 nitrogen and oxygen atoms in total. The van der Waals surface area contributed by atoms with Crippen molar-refractivity contribution >= 4 is 0 Å². The van der Waals surface area contributed by atoms with Gasteiger partial charge in [-0.05, 0) is 24.1 Å². The summed E-state index contributed by atoms with van der Waals surface area (Å²) in [5.74, 6) is 0.453. The van der Waals surface area contributed by atoms with Crippen molar-refractivity contribution in [3.05, 3.63) is 41.5 Å². The number of aliphatic hydroxyl groups excluding tert-OH is 1. The van der Waals surface area contributed by atoms with Gasteiger partial charge in [0.2, 0.25) is 0 Å². The van der Waals surface area contributed by atoms with Crippen molar-refractivity contribution in [2.45, 2.75) is 32.0 Å². The summed E-state index contributed by atoms with van der Waals surface area (Å²) in [6.45, 7) is 2.43. The Hall–Kier alpha value is -2.60. The molecule has 0 saturated heterocycles. The van der Waals surface area contributed by atoms with Crippen molar-refractivity contribution in [3.63, 3.8) is 0 Å². The molecule has 0 fully saturated rings. The second-order valence-corrected chi connectivity index (χ2v) is 5.83. The summed E-state index contributed by atoms with van der Waals surface area (Å²) in [4.78, 5) is 0. The number of fused-ring (bicyclic) bond motifs is 1. The molecule has 0 amide bonds. The van der Waals surface area contributed by atoms with Crippen molar-refractivity contribution in [1.82, 2.24) is 0 Å². The second-order valence-electron chi connectivity index (χ2n) is 5.83. The van der Waals surface area contributed by atoms with Crippen LogP contribution in [0, 0.1) is 0 Å². The normalized spacial score (nSPS) is 19.4. The minimum atomic E-state index is -0.878. The van der Waals surface area contributed by atoms with Gasteiger partial charge in [-0.2, -0.15) is 0 Å². The van der Waals surface area contributed by atoms with Gasteiger partial charge in [0.1, 0.15) is 23.4 Å². The highest BCUT2D eigenvalue weighted by atomic mass is 16.5. The van der Waals surface area contributed by atoms with E-state index in [2.05, 4.69) is 0 Å². The smallest absolute Gasteiger partial charge is 0.161 e. The van der Waals surface area contributed by atoms with E-state index in [1.807, 2.05) is 6.92 Å². The van der Waals surface area contributed by atoms with Crippen LogP contribution < -0.4 is 9.47 Å². The molecule has 0 spiro atoms. The standard InChI is InChI=1S/C18H20O6/c1-2-5-23-17-6-10(3-4-13(17)20)18-15(22)9-12-14(21)7-11(19)8-16(12)24-18/h3-4,6-8,15,18-22H,2,5,9H2,1H3. The van der Waals surface area contributed by atoms with E-state index in [1.54, 1.807) is 12.1 Å². The molecule has 2 unspecified atom stereocenters. The average Bonchev–Trinajstić information content (AvgIpc) is 2.54. The summed E-state index contributed by atoms with van der Waals surface area (Å²) in [6.07, 6.45) is -0.573. The fourth-order valence-corrected chi connectivity index (χ4v) is 2.78. The van der Waals surface area contributed by atoms with Crippen molar-refractivity contribution in [3.8, 4) is 28.7 Å². The second kappa shape index (κ2) is 6.49. The van der Waals surface area contributed by atoms with E-state index in [9.17, 15) is 20.4 Å². The molecule has 0 saturated carbocycles. The lowest BCUT2D eigenvalue weighted by Gasteiger charge is -2.31. The van der Waals surface area contributed by atoms with E-state index < -0.39 is 12.2 Å². The Balaban J connectivity index is 1.92. The van der Waals surface area contributed by atoms with Crippen molar-refractivity contribution in [2.75, 3.05) is 6.61 Å². The first-order chi connectivity index (χ1) is 11.5. The summed E-state index contributed by atoms with van der Waals surface area (Å²) in [5.41, 5.74) is 1.10. The average molecular weight is 332 g/mol. The minimum absolute atomic E-state index is 0.0215. The first kappa shape index (κ1) is 16.3. The Bertz CT molecular complexity index is 743. The molecule has 1 aliphatic rings. The summed E-state index contributed by atoms with van der Waals surface area (Å²) < 4.78 is 11.3. The Labute approximate surface area is 139 Å². The molecule has 6 heteroatoms. The van der Waals surface area contributed by atoms with Gasteiger partial charge < -0.3 is 29.9 Å². The number of ether oxygens (including phenoxy) is 2. The molecule has 0 aromatic heterocycles. The third-order valence-electron chi connectivity index (χ3n) is 3.96. The predicted octanol–water partition coefficient (Wildman–Crippen LogP) is 2.63. The largest absolute Gasteiger partial charge is 0.508 e. The van der Waals surface area contributed by atoms with Gasteiger partial charge in [-0.15, -0.1) is 0 Å². The van der Waals surface area contributed by atoms with Crippen molar-refractivity contribution in [2.24, 2.45) is 0 Å². The maximum atomic E-state index is 10.4. The molecule has 3 rings (SSSR count). The lowest BCUT2D eigenvalue weighted by atomic mass is 9.94. The Morgan fingerprint density at radius 3 is 2.67 bits per heavy atom. The molecule has 0 aliphatic carbocycles. The molecule has 4 N–H and O–H groups in total. The fourth-order valence-electron chi connectivity index (χ4n) is 2.78. The highest BCUT2D eigenvalue weighted by Crippen LogP contribution is 2.42. The highest BCUT2D eigenvalue weighted by molar-refractivity contribution is 5.52. The van der Waals surface area contributed by atoms with Gasteiger partial charge in [0, 0.05) is 24.1 Å². The Morgan fingerprint density at radius 1 is 1.12 bits per heavy atom. The van der Waals surface area contributed by atoms with Gasteiger partial charge in [-0.1, -0.05) is 13.0 Å². The first-order valence-corrected chi connectivity index (χ1v) is 7.85. The van der Waals surface area contributed by atoms with Crippen molar-refractivity contribution < 1.29 is 29.9 Å². The molecular weight excluding hydrogens is 312 g/mol. The van der Waals surface area contributed by atoms with Gasteiger partial charge in [0.25, 0.3) is 0 Å². The summed E-state index contributed by atoms with van der Waals surface area (Å²) in [5, 5.41) is 39.8. The van der Waals surface area contributed by atoms with Gasteiger partial charge >= 0.3 is 0 Å². The number of aromatic hydroxyl groups is 3. The van der Waals surface area contributed by atoms with Gasteiger partial charge in [0.05, 0.1) is 12.7 Å². The number of hydrogen-bond donors (Lipinski definition) is 4. The molecule has 24 heavy (non-hydrogen) atoms. The third-order valence-corrected chi connectivity index (χ3v) is 3.96. The summed E-state index contributed by atoms with van der Waals surface area (Å²) in [7, 11) is 0. The van der Waals surface area contributed by atoms with E-state index in [4.69, 9.17) is 9.47 Å². The van der Waals surface area contributed by atoms with E-state index in [1.165, 1.54) is 18.2 Å². The van der Waals surface area contributed by atoms with Gasteiger partial charge in [-0.25, -0.2) is 0 Å². The highest BCUT2D eigenvalue weighted by Gasteiger charge is 2.32. The fraction of sp³-hybridized carbons (Fsp3) is 0.333. The maximum absolute atomic E-state index is 10.4. The molecule has 2 atom stereocenters. The SMILES string of the molecule is CCCOc1cc(C2Oc3cc(O)cc(O)c3CC2O)ccc1O. The number of phenolic OH excluding ortho intramolecular Hbond substituents is 3. The zero-order valence-corrected chi connectivity index (χ0v) is 13.3. The topological polar surface area (TPSA) is 99.4 Å². The maximum Gasteiger partial charge on any atom is 0.161 e. The van der Waals surface area contributed by atoms with Gasteiger partial charge in [0.15, 0.2) is 11.5 Å². The molecule has 0 radical (unpaired) electrons.